The van der Waals surface area contributed by atoms with Crippen LogP contribution in [0.3, 0.4) is 0 Å². The van der Waals surface area contributed by atoms with Crippen molar-refractivity contribution in [3.05, 3.63) is 59.8 Å². The zero-order chi connectivity index (χ0) is 22.8. The molecule has 0 fully saturated rings. The third-order valence-corrected chi connectivity index (χ3v) is 4.24. The van der Waals surface area contributed by atoms with Crippen molar-refractivity contribution in [2.45, 2.75) is 19.1 Å². The highest BCUT2D eigenvalue weighted by atomic mass is 19.4. The van der Waals surface area contributed by atoms with Crippen LogP contribution in [0.2, 0.25) is 0 Å². The Hall–Kier alpha value is -3.63. The van der Waals surface area contributed by atoms with E-state index in [0.717, 1.165) is 36.4 Å². The minimum Gasteiger partial charge on any atom is -0.491 e. The summed E-state index contributed by atoms with van der Waals surface area (Å²) in [6.45, 7) is 1.42. The van der Waals surface area contributed by atoms with Crippen molar-refractivity contribution >= 4 is 28.4 Å². The Kier molecular flexibility index (Phi) is 6.14. The molecule has 0 aliphatic carbocycles. The van der Waals surface area contributed by atoms with Gasteiger partial charge in [-0.2, -0.15) is 13.2 Å². The average molecular weight is 441 g/mol. The fraction of sp³-hybridized carbons (Fsp3) is 0.200. The van der Waals surface area contributed by atoms with E-state index in [2.05, 4.69) is 15.6 Å². The number of anilines is 1. The Morgan fingerprint density at radius 3 is 2.35 bits per heavy atom. The number of aromatic nitrogens is 1. The maximum Gasteiger partial charge on any atom is 0.416 e. The topological polar surface area (TPSA) is 83.2 Å². The Labute approximate surface area is 172 Å². The van der Waals surface area contributed by atoms with Crippen LogP contribution in [0.1, 0.15) is 12.5 Å². The molecule has 3 N–H and O–H groups in total. The van der Waals surface area contributed by atoms with Crippen LogP contribution in [0.4, 0.5) is 27.6 Å². The van der Waals surface area contributed by atoms with Gasteiger partial charge in [0, 0.05) is 17.6 Å². The van der Waals surface area contributed by atoms with Crippen molar-refractivity contribution in [2.24, 2.45) is 0 Å². The number of carbonyl (C=O) groups is 2. The van der Waals surface area contributed by atoms with Crippen LogP contribution in [0.15, 0.2) is 42.6 Å². The molecule has 6 nitrogen and oxygen atoms in total. The molecule has 1 atom stereocenters. The number of hydrogen-bond acceptors (Lipinski definition) is 3. The number of benzene rings is 2. The molecule has 2 aromatic carbocycles. The largest absolute Gasteiger partial charge is 0.491 e. The normalized spacial score (nSPS) is 12.5. The molecule has 3 rings (SSSR count). The summed E-state index contributed by atoms with van der Waals surface area (Å²) in [7, 11) is 0. The van der Waals surface area contributed by atoms with Crippen molar-refractivity contribution in [1.29, 1.82) is 0 Å². The number of nitrogens with one attached hydrogen (secondary N) is 3. The Morgan fingerprint density at radius 2 is 1.71 bits per heavy atom. The van der Waals surface area contributed by atoms with Gasteiger partial charge < -0.3 is 20.4 Å². The SMILES string of the molecule is CC(COc1ccc(C(F)(F)F)cc1)NC(=O)C(=O)Nc1c[nH]c2cc(F)c(F)cc12. The van der Waals surface area contributed by atoms with Gasteiger partial charge in [0.05, 0.1) is 22.8 Å². The lowest BCUT2D eigenvalue weighted by atomic mass is 10.2. The van der Waals surface area contributed by atoms with Crippen molar-refractivity contribution in [1.82, 2.24) is 10.3 Å². The van der Waals surface area contributed by atoms with E-state index in [9.17, 15) is 31.5 Å². The zero-order valence-corrected chi connectivity index (χ0v) is 15.9. The number of rotatable bonds is 5. The van der Waals surface area contributed by atoms with Gasteiger partial charge in [-0.1, -0.05) is 0 Å². The van der Waals surface area contributed by atoms with Gasteiger partial charge in [0.15, 0.2) is 11.6 Å². The monoisotopic (exact) mass is 441 g/mol. The third-order valence-electron chi connectivity index (χ3n) is 4.24. The number of H-pyrrole nitrogens is 1. The van der Waals surface area contributed by atoms with Crippen LogP contribution in [0.25, 0.3) is 10.9 Å². The molecular weight excluding hydrogens is 425 g/mol. The molecule has 0 spiro atoms. The maximum absolute atomic E-state index is 13.4. The summed E-state index contributed by atoms with van der Waals surface area (Å²) in [4.78, 5) is 26.8. The molecule has 11 heteroatoms. The van der Waals surface area contributed by atoms with Crippen LogP contribution in [-0.4, -0.2) is 29.4 Å². The standard InChI is InChI=1S/C20H16F5N3O3/c1-10(9-31-12-4-2-11(3-5-12)20(23,24)25)27-18(29)19(30)28-17-8-26-16-7-15(22)14(21)6-13(16)17/h2-8,10,26H,9H2,1H3,(H,27,29)(H,28,30). The minimum absolute atomic E-state index is 0.0858. The summed E-state index contributed by atoms with van der Waals surface area (Å²) in [6, 6.07) is 5.15. The first kappa shape index (κ1) is 22.1. The summed E-state index contributed by atoms with van der Waals surface area (Å²) in [5.74, 6) is -4.08. The predicted molar refractivity (Wildman–Crippen MR) is 101 cm³/mol. The van der Waals surface area contributed by atoms with Crippen molar-refractivity contribution in [3.63, 3.8) is 0 Å². The van der Waals surface area contributed by atoms with Crippen LogP contribution >= 0.6 is 0 Å². The van der Waals surface area contributed by atoms with E-state index in [4.69, 9.17) is 4.74 Å². The minimum atomic E-state index is -4.46. The lowest BCUT2D eigenvalue weighted by Gasteiger charge is -2.15. The van der Waals surface area contributed by atoms with Gasteiger partial charge in [0.1, 0.15) is 12.4 Å². The molecule has 0 aliphatic rings. The second-order valence-electron chi connectivity index (χ2n) is 6.68. The Balaban J connectivity index is 1.54. The van der Waals surface area contributed by atoms with E-state index >= 15 is 0 Å². The van der Waals surface area contributed by atoms with E-state index in [1.165, 1.54) is 13.1 Å². The number of aromatic amines is 1. The second kappa shape index (κ2) is 8.62. The molecule has 0 radical (unpaired) electrons. The molecule has 0 saturated carbocycles. The smallest absolute Gasteiger partial charge is 0.416 e. The number of amides is 2. The molecule has 1 heterocycles. The molecule has 0 saturated heterocycles. The van der Waals surface area contributed by atoms with Gasteiger partial charge >= 0.3 is 18.0 Å². The summed E-state index contributed by atoms with van der Waals surface area (Å²) < 4.78 is 69.6. The van der Waals surface area contributed by atoms with E-state index in [-0.39, 0.29) is 28.9 Å². The van der Waals surface area contributed by atoms with E-state index in [0.29, 0.717) is 0 Å². The van der Waals surface area contributed by atoms with Gasteiger partial charge in [-0.15, -0.1) is 0 Å². The number of alkyl halides is 3. The lowest BCUT2D eigenvalue weighted by molar-refractivity contribution is -0.137. The highest BCUT2D eigenvalue weighted by molar-refractivity contribution is 6.40. The molecule has 3 aromatic rings. The molecule has 164 valence electrons. The first-order valence-electron chi connectivity index (χ1n) is 8.92. The fourth-order valence-corrected chi connectivity index (χ4v) is 2.69. The quantitative estimate of drug-likeness (QED) is 0.414. The molecule has 0 bridgehead atoms. The molecule has 0 aliphatic heterocycles. The molecule has 2 amide bonds. The van der Waals surface area contributed by atoms with Gasteiger partial charge in [0.2, 0.25) is 0 Å². The first-order chi connectivity index (χ1) is 14.5. The van der Waals surface area contributed by atoms with Crippen LogP contribution in [0.5, 0.6) is 5.75 Å². The Bertz CT molecular complexity index is 1110. The van der Waals surface area contributed by atoms with Crippen molar-refractivity contribution < 1.29 is 36.3 Å². The summed E-state index contributed by atoms with van der Waals surface area (Å²) >= 11 is 0. The van der Waals surface area contributed by atoms with Gasteiger partial charge in [-0.25, -0.2) is 8.78 Å². The number of carbonyl (C=O) groups excluding carboxylic acids is 2. The predicted octanol–water partition coefficient (Wildman–Crippen LogP) is 3.99. The Morgan fingerprint density at radius 1 is 1.06 bits per heavy atom. The molecule has 1 unspecified atom stereocenters. The van der Waals surface area contributed by atoms with E-state index in [1.807, 2.05) is 0 Å². The van der Waals surface area contributed by atoms with E-state index in [1.54, 1.807) is 0 Å². The van der Waals surface area contributed by atoms with Gasteiger partial charge in [-0.05, 0) is 37.3 Å². The number of fused-ring (bicyclic) bond motifs is 1. The second-order valence-corrected chi connectivity index (χ2v) is 6.68. The van der Waals surface area contributed by atoms with Crippen LogP contribution < -0.4 is 15.4 Å². The average Bonchev–Trinajstić information content (AvgIpc) is 3.07. The van der Waals surface area contributed by atoms with Crippen LogP contribution in [-0.2, 0) is 15.8 Å². The number of hydrogen-bond donors (Lipinski definition) is 3. The lowest BCUT2D eigenvalue weighted by Crippen LogP contribution is -2.43. The maximum atomic E-state index is 13.4. The summed E-state index contributed by atoms with van der Waals surface area (Å²) in [6.07, 6.45) is -3.18. The zero-order valence-electron chi connectivity index (χ0n) is 15.9. The molecule has 31 heavy (non-hydrogen) atoms. The first-order valence-corrected chi connectivity index (χ1v) is 8.92. The highest BCUT2D eigenvalue weighted by Gasteiger charge is 2.30. The van der Waals surface area contributed by atoms with Crippen LogP contribution in [0, 0.1) is 11.6 Å². The van der Waals surface area contributed by atoms with E-state index < -0.39 is 41.2 Å². The highest BCUT2D eigenvalue weighted by Crippen LogP contribution is 2.30. The van der Waals surface area contributed by atoms with Gasteiger partial charge in [-0.3, -0.25) is 9.59 Å². The summed E-state index contributed by atoms with van der Waals surface area (Å²) in [5.41, 5.74) is -0.506. The summed E-state index contributed by atoms with van der Waals surface area (Å²) in [5, 5.41) is 4.84. The van der Waals surface area contributed by atoms with Crippen molar-refractivity contribution in [3.8, 4) is 5.75 Å². The molecular formula is C20H16F5N3O3. The van der Waals surface area contributed by atoms with Crippen molar-refractivity contribution in [2.75, 3.05) is 11.9 Å². The fourth-order valence-electron chi connectivity index (χ4n) is 2.69. The molecule has 1 aromatic heterocycles. The number of halogens is 5. The number of ether oxygens (including phenoxy) is 1. The van der Waals surface area contributed by atoms with Gasteiger partial charge in [0.25, 0.3) is 0 Å². The third kappa shape index (κ3) is 5.30.